The molecule has 0 aromatic carbocycles. The molecule has 0 amide bonds. The number of likely N-dealkylation sites (N-methyl/N-ethyl adjacent to an activating group) is 1. The first-order chi connectivity index (χ1) is 8.77. The van der Waals surface area contributed by atoms with Crippen LogP contribution >= 0.6 is 11.6 Å². The van der Waals surface area contributed by atoms with Gasteiger partial charge in [-0.1, -0.05) is 18.5 Å². The molecule has 0 atom stereocenters. The Morgan fingerprint density at radius 3 is 2.42 bits per heavy atom. The van der Waals surface area contributed by atoms with Crippen LogP contribution in [0.4, 0.5) is 0 Å². The fraction of sp³-hybridized carbons (Fsp3) is 0.714. The molecule has 0 aliphatic carbocycles. The van der Waals surface area contributed by atoms with Gasteiger partial charge in [-0.05, 0) is 41.3 Å². The minimum Gasteiger partial charge on any atom is -0.475 e. The van der Waals surface area contributed by atoms with Gasteiger partial charge in [0.15, 0.2) is 0 Å². The van der Waals surface area contributed by atoms with Crippen LogP contribution in [0.2, 0.25) is 5.15 Å². The Morgan fingerprint density at radius 1 is 1.26 bits per heavy atom. The number of aromatic nitrogens is 2. The van der Waals surface area contributed by atoms with Crippen molar-refractivity contribution in [1.29, 1.82) is 0 Å². The molecule has 1 heterocycles. The first-order valence-corrected chi connectivity index (χ1v) is 6.99. The van der Waals surface area contributed by atoms with Crippen LogP contribution in [0.3, 0.4) is 0 Å². The summed E-state index contributed by atoms with van der Waals surface area (Å²) in [6.07, 6.45) is 1.80. The van der Waals surface area contributed by atoms with Crippen LogP contribution < -0.4 is 4.74 Å². The average Bonchev–Trinajstić information content (AvgIpc) is 2.32. The first-order valence-electron chi connectivity index (χ1n) is 6.61. The van der Waals surface area contributed by atoms with Gasteiger partial charge >= 0.3 is 0 Å². The van der Waals surface area contributed by atoms with Gasteiger partial charge in [0.25, 0.3) is 0 Å². The summed E-state index contributed by atoms with van der Waals surface area (Å²) in [6, 6.07) is 0. The lowest BCUT2D eigenvalue weighted by molar-refractivity contribution is 0.110. The monoisotopic (exact) mass is 285 g/mol. The minimum atomic E-state index is -0.0607. The Labute approximate surface area is 121 Å². The highest BCUT2D eigenvalue weighted by molar-refractivity contribution is 6.30. The van der Waals surface area contributed by atoms with E-state index in [2.05, 4.69) is 35.6 Å². The summed E-state index contributed by atoms with van der Waals surface area (Å²) in [5.41, 5.74) is 0.741. The van der Waals surface area contributed by atoms with Gasteiger partial charge in [-0.2, -0.15) is 4.98 Å². The summed E-state index contributed by atoms with van der Waals surface area (Å²) in [7, 11) is 4.07. The van der Waals surface area contributed by atoms with Crippen LogP contribution in [-0.2, 0) is 6.42 Å². The molecular formula is C14H24ClN3O. The highest BCUT2D eigenvalue weighted by atomic mass is 35.5. The molecule has 0 aliphatic rings. The van der Waals surface area contributed by atoms with Gasteiger partial charge in [0.1, 0.15) is 17.6 Å². The third kappa shape index (κ3) is 4.32. The van der Waals surface area contributed by atoms with E-state index in [-0.39, 0.29) is 5.54 Å². The molecule has 0 aliphatic heterocycles. The first kappa shape index (κ1) is 16.2. The molecule has 0 bridgehead atoms. The summed E-state index contributed by atoms with van der Waals surface area (Å²) < 4.78 is 5.85. The Balaban J connectivity index is 2.88. The lowest BCUT2D eigenvalue weighted by Crippen LogP contribution is -2.43. The van der Waals surface area contributed by atoms with Crippen molar-refractivity contribution < 1.29 is 4.74 Å². The lowest BCUT2D eigenvalue weighted by Gasteiger charge is -2.32. The second-order valence-corrected chi connectivity index (χ2v) is 5.96. The van der Waals surface area contributed by atoms with Gasteiger partial charge in [0.05, 0.1) is 0 Å². The molecule has 0 fully saturated rings. The minimum absolute atomic E-state index is 0.0607. The maximum absolute atomic E-state index is 6.13. The molecule has 0 saturated heterocycles. The summed E-state index contributed by atoms with van der Waals surface area (Å²) in [6.45, 7) is 8.78. The zero-order chi connectivity index (χ0) is 14.6. The van der Waals surface area contributed by atoms with Gasteiger partial charge in [0, 0.05) is 17.5 Å². The van der Waals surface area contributed by atoms with Gasteiger partial charge < -0.3 is 9.64 Å². The predicted octanol–water partition coefficient (Wildman–Crippen LogP) is 3.11. The van der Waals surface area contributed by atoms with Crippen LogP contribution in [0.1, 0.15) is 38.6 Å². The van der Waals surface area contributed by atoms with Crippen LogP contribution in [0.25, 0.3) is 0 Å². The molecule has 19 heavy (non-hydrogen) atoms. The number of rotatable bonds is 6. The standard InChI is InChI=1S/C14H24ClN3O/c1-7-8-11-16-12(15)10(2)13(17-11)19-9-14(3,4)18(5)6/h7-9H2,1-6H3. The normalized spacial score (nSPS) is 12.0. The molecule has 1 aromatic rings. The van der Waals surface area contributed by atoms with Gasteiger partial charge in [-0.3, -0.25) is 0 Å². The molecule has 0 N–H and O–H groups in total. The van der Waals surface area contributed by atoms with E-state index in [1.807, 2.05) is 21.0 Å². The van der Waals surface area contributed by atoms with E-state index in [1.54, 1.807) is 0 Å². The maximum atomic E-state index is 6.13. The van der Waals surface area contributed by atoms with Gasteiger partial charge in [-0.25, -0.2) is 4.98 Å². The quantitative estimate of drug-likeness (QED) is 0.753. The fourth-order valence-electron chi connectivity index (χ4n) is 1.36. The Kier molecular flexibility index (Phi) is 5.56. The molecule has 0 saturated carbocycles. The second kappa shape index (κ2) is 6.53. The largest absolute Gasteiger partial charge is 0.475 e. The fourth-order valence-corrected chi connectivity index (χ4v) is 1.54. The molecule has 5 heteroatoms. The van der Waals surface area contributed by atoms with E-state index in [1.165, 1.54) is 0 Å². The number of hydrogen-bond acceptors (Lipinski definition) is 4. The van der Waals surface area contributed by atoms with E-state index in [0.717, 1.165) is 24.2 Å². The highest BCUT2D eigenvalue weighted by Crippen LogP contribution is 2.23. The van der Waals surface area contributed by atoms with Crippen molar-refractivity contribution in [2.75, 3.05) is 20.7 Å². The van der Waals surface area contributed by atoms with Crippen LogP contribution in [0.15, 0.2) is 0 Å². The third-order valence-electron chi connectivity index (χ3n) is 3.33. The molecule has 1 aromatic heterocycles. The van der Waals surface area contributed by atoms with Crippen LogP contribution in [0.5, 0.6) is 5.88 Å². The summed E-state index contributed by atoms with van der Waals surface area (Å²) >= 11 is 6.13. The topological polar surface area (TPSA) is 38.2 Å². The van der Waals surface area contributed by atoms with Crippen molar-refractivity contribution in [3.63, 3.8) is 0 Å². The lowest BCUT2D eigenvalue weighted by atomic mass is 10.1. The molecule has 4 nitrogen and oxygen atoms in total. The van der Waals surface area contributed by atoms with E-state index in [9.17, 15) is 0 Å². The van der Waals surface area contributed by atoms with Crippen molar-refractivity contribution in [3.8, 4) is 5.88 Å². The zero-order valence-corrected chi connectivity index (χ0v) is 13.5. The highest BCUT2D eigenvalue weighted by Gasteiger charge is 2.22. The van der Waals surface area contributed by atoms with Crippen LogP contribution in [0, 0.1) is 6.92 Å². The summed E-state index contributed by atoms with van der Waals surface area (Å²) in [4.78, 5) is 10.8. The van der Waals surface area contributed by atoms with Crippen molar-refractivity contribution in [3.05, 3.63) is 16.5 Å². The Hall–Kier alpha value is -0.870. The van der Waals surface area contributed by atoms with Crippen molar-refractivity contribution >= 4 is 11.6 Å². The number of hydrogen-bond donors (Lipinski definition) is 0. The molecule has 0 radical (unpaired) electrons. The van der Waals surface area contributed by atoms with E-state index in [4.69, 9.17) is 16.3 Å². The number of ether oxygens (including phenoxy) is 1. The predicted molar refractivity (Wildman–Crippen MR) is 79.0 cm³/mol. The third-order valence-corrected chi connectivity index (χ3v) is 3.70. The smallest absolute Gasteiger partial charge is 0.221 e. The van der Waals surface area contributed by atoms with Crippen LogP contribution in [-0.4, -0.2) is 41.1 Å². The molecule has 0 unspecified atom stereocenters. The van der Waals surface area contributed by atoms with Crippen molar-refractivity contribution in [1.82, 2.24) is 14.9 Å². The second-order valence-electron chi connectivity index (χ2n) is 5.61. The number of nitrogens with zero attached hydrogens (tertiary/aromatic N) is 3. The molecule has 0 spiro atoms. The zero-order valence-electron chi connectivity index (χ0n) is 12.7. The van der Waals surface area contributed by atoms with Crippen molar-refractivity contribution in [2.45, 2.75) is 46.1 Å². The molecular weight excluding hydrogens is 262 g/mol. The Bertz CT molecular complexity index is 433. The Morgan fingerprint density at radius 2 is 1.89 bits per heavy atom. The molecule has 108 valence electrons. The van der Waals surface area contributed by atoms with E-state index < -0.39 is 0 Å². The number of halogens is 1. The summed E-state index contributed by atoms with van der Waals surface area (Å²) in [5, 5.41) is 0.483. The maximum Gasteiger partial charge on any atom is 0.221 e. The average molecular weight is 286 g/mol. The van der Waals surface area contributed by atoms with Gasteiger partial charge in [0.2, 0.25) is 5.88 Å². The van der Waals surface area contributed by atoms with E-state index in [0.29, 0.717) is 17.6 Å². The SMILES string of the molecule is CCCc1nc(Cl)c(C)c(OCC(C)(C)N(C)C)n1. The van der Waals surface area contributed by atoms with Crippen molar-refractivity contribution in [2.24, 2.45) is 0 Å². The summed E-state index contributed by atoms with van der Waals surface area (Å²) in [5.74, 6) is 1.34. The van der Waals surface area contributed by atoms with Gasteiger partial charge in [-0.15, -0.1) is 0 Å². The molecule has 1 rings (SSSR count). The number of aryl methyl sites for hydroxylation is 1. The van der Waals surface area contributed by atoms with E-state index >= 15 is 0 Å².